The molecule has 200 valence electrons. The molecule has 2 heterocycles. The summed E-state index contributed by atoms with van der Waals surface area (Å²) < 4.78 is 24.2. The Bertz CT molecular complexity index is 1420. The highest BCUT2D eigenvalue weighted by atomic mass is 32.2. The molecule has 4 rings (SSSR count). The number of carbonyl (C=O) groups excluding carboxylic acids is 1. The lowest BCUT2D eigenvalue weighted by molar-refractivity contribution is 0.0695. The standard InChI is InChI=1S/C27H30N4O6S/c1-3-17-14-31(27-28-12-21(13-29-27)26(34)35)15-20-11-19(7-10-23(17)20)25(33)30-24(16-32)18-5-8-22(9-6-18)38(36,37)4-2/h5-13,17,24,32H,3-4,14-16H2,1-2H3,(H,30,33)(H,34,35)/t17-,24?/m1/s1. The minimum atomic E-state index is -3.35. The summed E-state index contributed by atoms with van der Waals surface area (Å²) in [6, 6.07) is 11.0. The van der Waals surface area contributed by atoms with Crippen molar-refractivity contribution in [3.63, 3.8) is 0 Å². The van der Waals surface area contributed by atoms with E-state index in [-0.39, 0.29) is 34.6 Å². The Labute approximate surface area is 221 Å². The number of fused-ring (bicyclic) bond motifs is 1. The number of aliphatic hydroxyl groups excluding tert-OH is 1. The van der Waals surface area contributed by atoms with Crippen molar-refractivity contribution < 1.29 is 28.2 Å². The smallest absolute Gasteiger partial charge is 0.338 e. The molecule has 1 aromatic heterocycles. The van der Waals surface area contributed by atoms with Gasteiger partial charge in [0.25, 0.3) is 5.91 Å². The first kappa shape index (κ1) is 27.2. The predicted octanol–water partition coefficient (Wildman–Crippen LogP) is 2.95. The number of aromatic carboxylic acids is 1. The molecule has 0 saturated carbocycles. The van der Waals surface area contributed by atoms with E-state index in [0.717, 1.165) is 17.5 Å². The van der Waals surface area contributed by atoms with E-state index in [1.807, 2.05) is 17.0 Å². The number of amides is 1. The molecule has 11 heteroatoms. The van der Waals surface area contributed by atoms with Gasteiger partial charge in [0.05, 0.1) is 28.9 Å². The van der Waals surface area contributed by atoms with Crippen LogP contribution in [0.15, 0.2) is 59.8 Å². The van der Waals surface area contributed by atoms with Crippen molar-refractivity contribution in [2.24, 2.45) is 0 Å². The molecule has 0 bridgehead atoms. The van der Waals surface area contributed by atoms with Gasteiger partial charge in [-0.05, 0) is 47.4 Å². The van der Waals surface area contributed by atoms with Crippen molar-refractivity contribution in [3.05, 3.63) is 82.7 Å². The van der Waals surface area contributed by atoms with Crippen LogP contribution in [0.2, 0.25) is 0 Å². The van der Waals surface area contributed by atoms with Crippen LogP contribution in [0.25, 0.3) is 0 Å². The molecule has 2 atom stereocenters. The first-order chi connectivity index (χ1) is 18.2. The SMILES string of the molecule is CC[C@@H]1CN(c2ncc(C(=O)O)cn2)Cc2cc(C(=O)NC(CO)c3ccc(S(=O)(=O)CC)cc3)ccc21. The normalized spacial score (nSPS) is 16.0. The van der Waals surface area contributed by atoms with Crippen molar-refractivity contribution in [2.45, 2.75) is 43.7 Å². The van der Waals surface area contributed by atoms with Gasteiger partial charge >= 0.3 is 5.97 Å². The van der Waals surface area contributed by atoms with Gasteiger partial charge in [-0.25, -0.2) is 23.2 Å². The van der Waals surface area contributed by atoms with E-state index in [4.69, 9.17) is 5.11 Å². The van der Waals surface area contributed by atoms with Crippen LogP contribution in [0.1, 0.15) is 69.6 Å². The van der Waals surface area contributed by atoms with Crippen LogP contribution in [-0.2, 0) is 16.4 Å². The lowest BCUT2D eigenvalue weighted by Gasteiger charge is -2.34. The third-order valence-corrected chi connectivity index (χ3v) is 8.57. The van der Waals surface area contributed by atoms with Crippen LogP contribution in [0.4, 0.5) is 5.95 Å². The van der Waals surface area contributed by atoms with Gasteiger partial charge in [0.1, 0.15) is 0 Å². The maximum atomic E-state index is 13.1. The zero-order valence-corrected chi connectivity index (χ0v) is 22.0. The van der Waals surface area contributed by atoms with E-state index in [2.05, 4.69) is 22.2 Å². The van der Waals surface area contributed by atoms with Gasteiger partial charge in [-0.2, -0.15) is 0 Å². The highest BCUT2D eigenvalue weighted by Crippen LogP contribution is 2.33. The molecule has 1 unspecified atom stereocenters. The molecule has 0 aliphatic carbocycles. The Morgan fingerprint density at radius 3 is 2.34 bits per heavy atom. The van der Waals surface area contributed by atoms with Gasteiger partial charge in [-0.15, -0.1) is 0 Å². The third kappa shape index (κ3) is 5.68. The summed E-state index contributed by atoms with van der Waals surface area (Å²) in [5.41, 5.74) is 3.10. The molecule has 1 amide bonds. The van der Waals surface area contributed by atoms with Crippen LogP contribution in [0, 0.1) is 0 Å². The number of aliphatic hydroxyl groups is 1. The van der Waals surface area contributed by atoms with Crippen LogP contribution in [0.3, 0.4) is 0 Å². The average molecular weight is 539 g/mol. The number of hydrogen-bond donors (Lipinski definition) is 3. The number of hydrogen-bond acceptors (Lipinski definition) is 8. The van der Waals surface area contributed by atoms with E-state index in [1.54, 1.807) is 25.1 Å². The van der Waals surface area contributed by atoms with Crippen molar-refractivity contribution in [3.8, 4) is 0 Å². The largest absolute Gasteiger partial charge is 0.478 e. The first-order valence-corrected chi connectivity index (χ1v) is 14.0. The highest BCUT2D eigenvalue weighted by Gasteiger charge is 2.27. The van der Waals surface area contributed by atoms with Gasteiger partial charge in [0.2, 0.25) is 5.95 Å². The second kappa shape index (κ2) is 11.3. The highest BCUT2D eigenvalue weighted by molar-refractivity contribution is 7.91. The summed E-state index contributed by atoms with van der Waals surface area (Å²) in [6.07, 6.45) is 3.42. The monoisotopic (exact) mass is 538 g/mol. The zero-order valence-electron chi connectivity index (χ0n) is 21.2. The fraction of sp³-hybridized carbons (Fsp3) is 0.333. The van der Waals surface area contributed by atoms with Crippen LogP contribution < -0.4 is 10.2 Å². The molecule has 3 N–H and O–H groups in total. The third-order valence-electron chi connectivity index (χ3n) is 6.82. The van der Waals surface area contributed by atoms with Crippen LogP contribution in [-0.4, -0.2) is 59.4 Å². The van der Waals surface area contributed by atoms with E-state index in [0.29, 0.717) is 30.2 Å². The molecule has 0 radical (unpaired) electrons. The summed E-state index contributed by atoms with van der Waals surface area (Å²) in [5, 5.41) is 21.9. The fourth-order valence-electron chi connectivity index (χ4n) is 4.56. The predicted molar refractivity (Wildman–Crippen MR) is 141 cm³/mol. The van der Waals surface area contributed by atoms with E-state index >= 15 is 0 Å². The molecular weight excluding hydrogens is 508 g/mol. The number of nitrogens with zero attached hydrogens (tertiary/aromatic N) is 3. The Hall–Kier alpha value is -3.83. The maximum Gasteiger partial charge on any atom is 0.338 e. The molecule has 0 spiro atoms. The lowest BCUT2D eigenvalue weighted by Crippen LogP contribution is -2.35. The Morgan fingerprint density at radius 2 is 1.76 bits per heavy atom. The number of sulfone groups is 1. The average Bonchev–Trinajstić information content (AvgIpc) is 2.94. The molecule has 3 aromatic rings. The van der Waals surface area contributed by atoms with Crippen molar-refractivity contribution in [1.29, 1.82) is 0 Å². The van der Waals surface area contributed by atoms with E-state index in [1.165, 1.54) is 24.5 Å². The molecule has 1 aliphatic rings. The zero-order chi connectivity index (χ0) is 27.4. The van der Waals surface area contributed by atoms with Crippen molar-refractivity contribution in [1.82, 2.24) is 15.3 Å². The van der Waals surface area contributed by atoms with Crippen molar-refractivity contribution in [2.75, 3.05) is 23.8 Å². The van der Waals surface area contributed by atoms with Crippen LogP contribution in [0.5, 0.6) is 0 Å². The summed E-state index contributed by atoms with van der Waals surface area (Å²) in [4.78, 5) is 34.9. The van der Waals surface area contributed by atoms with Gasteiger partial charge in [-0.1, -0.05) is 32.0 Å². The minimum absolute atomic E-state index is 0.0113. The second-order valence-electron chi connectivity index (χ2n) is 9.16. The quantitative estimate of drug-likeness (QED) is 0.374. The lowest BCUT2D eigenvalue weighted by atomic mass is 9.87. The molecule has 38 heavy (non-hydrogen) atoms. The number of benzene rings is 2. The molecular formula is C27H30N4O6S. The maximum absolute atomic E-state index is 13.1. The number of carboxylic acid groups (broad SMARTS) is 1. The molecule has 1 aliphatic heterocycles. The number of nitrogens with one attached hydrogen (secondary N) is 1. The number of rotatable bonds is 9. The first-order valence-electron chi connectivity index (χ1n) is 12.3. The molecule has 2 aromatic carbocycles. The summed E-state index contributed by atoms with van der Waals surface area (Å²) in [5.74, 6) is -0.874. The van der Waals surface area contributed by atoms with E-state index < -0.39 is 21.8 Å². The Kier molecular flexibility index (Phi) is 8.08. The van der Waals surface area contributed by atoms with Crippen LogP contribution >= 0.6 is 0 Å². The van der Waals surface area contributed by atoms with Gasteiger partial charge in [0.15, 0.2) is 9.84 Å². The number of aromatic nitrogens is 2. The van der Waals surface area contributed by atoms with E-state index in [9.17, 15) is 23.1 Å². The van der Waals surface area contributed by atoms with Gasteiger partial charge in [-0.3, -0.25) is 4.79 Å². The number of carbonyl (C=O) groups is 2. The number of anilines is 1. The Balaban J connectivity index is 1.54. The summed E-state index contributed by atoms with van der Waals surface area (Å²) in [7, 11) is -3.35. The minimum Gasteiger partial charge on any atom is -0.478 e. The van der Waals surface area contributed by atoms with Gasteiger partial charge < -0.3 is 20.4 Å². The topological polar surface area (TPSA) is 150 Å². The summed E-state index contributed by atoms with van der Waals surface area (Å²) >= 11 is 0. The molecule has 0 fully saturated rings. The summed E-state index contributed by atoms with van der Waals surface area (Å²) in [6.45, 7) is 4.41. The molecule has 10 nitrogen and oxygen atoms in total. The fourth-order valence-corrected chi connectivity index (χ4v) is 5.45. The Morgan fingerprint density at radius 1 is 1.08 bits per heavy atom. The van der Waals surface area contributed by atoms with Gasteiger partial charge in [0, 0.05) is 37.0 Å². The van der Waals surface area contributed by atoms with Crippen molar-refractivity contribution >= 4 is 27.7 Å². The second-order valence-corrected chi connectivity index (χ2v) is 11.4. The number of carboxylic acids is 1. The molecule has 0 saturated heterocycles.